The molecule has 2 aliphatic heterocycles. The van der Waals surface area contributed by atoms with Gasteiger partial charge in [0.05, 0.1) is 11.6 Å². The van der Waals surface area contributed by atoms with Crippen molar-refractivity contribution in [1.82, 2.24) is 15.5 Å². The molecular weight excluding hydrogens is 491 g/mol. The zero-order valence-corrected chi connectivity index (χ0v) is 23.1. The van der Waals surface area contributed by atoms with Crippen molar-refractivity contribution in [1.29, 1.82) is 0 Å². The molecule has 0 aromatic carbocycles. The lowest BCUT2D eigenvalue weighted by atomic mass is 9.63. The number of halogens is 3. The molecule has 2 fully saturated rings. The van der Waals surface area contributed by atoms with Gasteiger partial charge in [-0.1, -0.05) is 39.5 Å². The number of alkyl halides is 3. The molecule has 0 aromatic heterocycles. The minimum Gasteiger partial charge on any atom is -0.510 e. The third-order valence-electron chi connectivity index (χ3n) is 6.88. The van der Waals surface area contributed by atoms with Gasteiger partial charge in [0.25, 0.3) is 0 Å². The first-order chi connectivity index (χ1) is 17.8. The molecule has 38 heavy (non-hydrogen) atoms. The summed E-state index contributed by atoms with van der Waals surface area (Å²) < 4.78 is 41.1. The average molecular weight is 534 g/mol. The minimum atomic E-state index is -4.52. The minimum absolute atomic E-state index is 0.111. The highest BCUT2D eigenvalue weighted by Gasteiger charge is 2.48. The van der Waals surface area contributed by atoms with Gasteiger partial charge in [0, 0.05) is 41.7 Å². The molecule has 2 unspecified atom stereocenters. The molecule has 0 bridgehead atoms. The molecule has 6 nitrogen and oxygen atoms in total. The number of likely N-dealkylation sites (tertiary alicyclic amines) is 1. The molecule has 1 saturated carbocycles. The Hall–Kier alpha value is -3.36. The number of hydrogen-bond acceptors (Lipinski definition) is 6. The highest BCUT2D eigenvalue weighted by atomic mass is 19.4. The normalized spacial score (nSPS) is 22.3. The Labute approximate surface area is 225 Å². The van der Waals surface area contributed by atoms with Crippen molar-refractivity contribution in [2.24, 2.45) is 16.1 Å². The number of aliphatic hydroxyl groups is 1. The molecule has 2 heterocycles. The Bertz CT molecular complexity index is 1070. The van der Waals surface area contributed by atoms with Crippen LogP contribution < -0.4 is 16.4 Å². The summed E-state index contributed by atoms with van der Waals surface area (Å²) in [4.78, 5) is 6.84. The van der Waals surface area contributed by atoms with Crippen LogP contribution in [0, 0.1) is 5.41 Å². The maximum atomic E-state index is 13.7. The fourth-order valence-corrected chi connectivity index (χ4v) is 4.78. The van der Waals surface area contributed by atoms with Gasteiger partial charge in [-0.05, 0) is 63.6 Å². The van der Waals surface area contributed by atoms with Crippen molar-refractivity contribution >= 4 is 5.71 Å². The molecule has 1 saturated heterocycles. The van der Waals surface area contributed by atoms with E-state index in [9.17, 15) is 18.3 Å². The van der Waals surface area contributed by atoms with Crippen LogP contribution in [0.3, 0.4) is 0 Å². The smallest absolute Gasteiger partial charge is 0.416 e. The Morgan fingerprint density at radius 1 is 1.29 bits per heavy atom. The summed E-state index contributed by atoms with van der Waals surface area (Å²) in [7, 11) is 0. The Balaban J connectivity index is 0.00000247. The summed E-state index contributed by atoms with van der Waals surface area (Å²) in [5, 5.41) is 16.2. The topological polar surface area (TPSA) is 85.9 Å². The molecule has 1 spiro atoms. The molecule has 5 N–H and O–H groups in total. The van der Waals surface area contributed by atoms with Crippen molar-refractivity contribution in [3.63, 3.8) is 0 Å². The number of nitrogens with one attached hydrogen (secondary N) is 2. The Morgan fingerprint density at radius 3 is 2.39 bits per heavy atom. The van der Waals surface area contributed by atoms with E-state index in [-0.39, 0.29) is 5.76 Å². The van der Waals surface area contributed by atoms with Gasteiger partial charge in [0.1, 0.15) is 17.6 Å². The first kappa shape index (κ1) is 30.9. The van der Waals surface area contributed by atoms with Gasteiger partial charge in [0.15, 0.2) is 0 Å². The molecule has 2 atom stereocenters. The number of dihydropyridines is 1. The van der Waals surface area contributed by atoms with Crippen LogP contribution in [-0.2, 0) is 0 Å². The van der Waals surface area contributed by atoms with Crippen LogP contribution in [0.5, 0.6) is 0 Å². The zero-order chi connectivity index (χ0) is 28.7. The summed E-state index contributed by atoms with van der Waals surface area (Å²) in [6.45, 7) is 17.8. The number of nitrogens with zero attached hydrogens (tertiary/aromatic N) is 2. The standard InChI is InChI=1S/C27H36F3N5O.C2H6/c1-6-21(27(28,29)30)14-22(18(3)33-23-9-7-12-32-25(23)20(5)36)19(4)34-24(13-17(2)31)35-15-26(16-35)10-8-11-26;1-2/h6-7,9,12-14,18,25,32-33,36H,2,5,8,10-11,15-16,31H2,1,3-4H3;1-2H3/b21-6+,22-14-,24-13+,34-19+;. The van der Waals surface area contributed by atoms with Gasteiger partial charge in [-0.2, -0.15) is 13.2 Å². The molecule has 9 heteroatoms. The van der Waals surface area contributed by atoms with Gasteiger partial charge >= 0.3 is 6.18 Å². The average Bonchev–Trinajstić information content (AvgIpc) is 2.77. The van der Waals surface area contributed by atoms with E-state index in [1.165, 1.54) is 26.2 Å². The summed E-state index contributed by atoms with van der Waals surface area (Å²) in [5.41, 5.74) is 7.08. The molecule has 0 aromatic rings. The van der Waals surface area contributed by atoms with E-state index in [1.807, 2.05) is 13.8 Å². The van der Waals surface area contributed by atoms with Gasteiger partial charge < -0.3 is 26.4 Å². The van der Waals surface area contributed by atoms with E-state index < -0.39 is 23.8 Å². The van der Waals surface area contributed by atoms with Crippen LogP contribution >= 0.6 is 0 Å². The second kappa shape index (κ2) is 12.9. The summed E-state index contributed by atoms with van der Waals surface area (Å²) in [6, 6.07) is -1.18. The molecular formula is C29H42F3N5O. The van der Waals surface area contributed by atoms with Crippen molar-refractivity contribution in [3.05, 3.63) is 83.9 Å². The van der Waals surface area contributed by atoms with E-state index in [2.05, 4.69) is 28.7 Å². The second-order valence-corrected chi connectivity index (χ2v) is 9.76. The fraction of sp³-hybridized carbons (Fsp3) is 0.483. The van der Waals surface area contributed by atoms with Crippen LogP contribution in [-0.4, -0.2) is 47.1 Å². The van der Waals surface area contributed by atoms with Crippen LogP contribution in [0.2, 0.25) is 0 Å². The van der Waals surface area contributed by atoms with Crippen molar-refractivity contribution in [2.45, 2.75) is 72.1 Å². The van der Waals surface area contributed by atoms with Gasteiger partial charge in [-0.3, -0.25) is 0 Å². The zero-order valence-electron chi connectivity index (χ0n) is 23.1. The maximum Gasteiger partial charge on any atom is 0.416 e. The van der Waals surface area contributed by atoms with Crippen molar-refractivity contribution in [3.8, 4) is 0 Å². The Kier molecular flexibility index (Phi) is 10.5. The number of aliphatic imine (C=N–C) groups is 1. The maximum absolute atomic E-state index is 13.7. The largest absolute Gasteiger partial charge is 0.510 e. The highest BCUT2D eigenvalue weighted by molar-refractivity contribution is 6.00. The van der Waals surface area contributed by atoms with Gasteiger partial charge in [-0.15, -0.1) is 0 Å². The predicted octanol–water partition coefficient (Wildman–Crippen LogP) is 6.13. The number of aliphatic hydroxyl groups excluding tert-OH is 1. The second-order valence-electron chi connectivity index (χ2n) is 9.76. The predicted molar refractivity (Wildman–Crippen MR) is 150 cm³/mol. The summed E-state index contributed by atoms with van der Waals surface area (Å²) >= 11 is 0. The van der Waals surface area contributed by atoms with Crippen LogP contribution in [0.25, 0.3) is 0 Å². The SMILES string of the molecule is C=C(N)\C=C(/N=C(C)/C(=C\C(=C/C)C(F)(F)F)C(C)NC1=CC=CNC1C(=C)O)N1CC2(CCC2)C1.CC. The first-order valence-electron chi connectivity index (χ1n) is 13.0. The molecule has 210 valence electrons. The molecule has 0 amide bonds. The third-order valence-corrected chi connectivity index (χ3v) is 6.88. The van der Waals surface area contributed by atoms with Crippen LogP contribution in [0.4, 0.5) is 13.2 Å². The quantitative estimate of drug-likeness (QED) is 0.163. The lowest BCUT2D eigenvalue weighted by Crippen LogP contribution is -2.58. The highest BCUT2D eigenvalue weighted by Crippen LogP contribution is 2.49. The van der Waals surface area contributed by atoms with E-state index in [0.717, 1.165) is 25.2 Å². The van der Waals surface area contributed by atoms with E-state index in [1.54, 1.807) is 38.3 Å². The monoisotopic (exact) mass is 533 g/mol. The summed E-state index contributed by atoms with van der Waals surface area (Å²) in [5.74, 6) is 0.479. The van der Waals surface area contributed by atoms with Crippen molar-refractivity contribution in [2.75, 3.05) is 13.1 Å². The number of hydrogen-bond donors (Lipinski definition) is 4. The van der Waals surface area contributed by atoms with Crippen LogP contribution in [0.15, 0.2) is 88.9 Å². The molecule has 0 radical (unpaired) electrons. The fourth-order valence-electron chi connectivity index (χ4n) is 4.78. The van der Waals surface area contributed by atoms with E-state index in [4.69, 9.17) is 10.7 Å². The first-order valence-corrected chi connectivity index (χ1v) is 13.0. The number of allylic oxidation sites excluding steroid dienone is 6. The van der Waals surface area contributed by atoms with E-state index >= 15 is 0 Å². The van der Waals surface area contributed by atoms with Gasteiger partial charge in [0.2, 0.25) is 0 Å². The van der Waals surface area contributed by atoms with Crippen molar-refractivity contribution < 1.29 is 18.3 Å². The lowest BCUT2D eigenvalue weighted by Gasteiger charge is -2.56. The third kappa shape index (κ3) is 7.58. The number of rotatable bonds is 9. The summed E-state index contributed by atoms with van der Waals surface area (Å²) in [6.07, 6.45) is 8.02. The molecule has 3 aliphatic rings. The molecule has 1 aliphatic carbocycles. The van der Waals surface area contributed by atoms with Gasteiger partial charge in [-0.25, -0.2) is 4.99 Å². The Morgan fingerprint density at radius 2 is 1.92 bits per heavy atom. The number of nitrogens with two attached hydrogens (primary N) is 1. The van der Waals surface area contributed by atoms with Crippen LogP contribution in [0.1, 0.15) is 53.9 Å². The lowest BCUT2D eigenvalue weighted by molar-refractivity contribution is -0.0883. The van der Waals surface area contributed by atoms with E-state index in [0.29, 0.717) is 33.9 Å². The molecule has 3 rings (SSSR count).